The molecule has 0 saturated heterocycles. The molecule has 0 spiro atoms. The van der Waals surface area contributed by atoms with Gasteiger partial charge in [0, 0.05) is 0 Å². The topological polar surface area (TPSA) is 0 Å². The molecule has 0 fully saturated rings. The Labute approximate surface area is 259 Å². The van der Waals surface area contributed by atoms with E-state index in [1.165, 1.54) is 32.3 Å². The molecule has 0 atom stereocenters. The Balaban J connectivity index is 1.36. The first-order valence-electron chi connectivity index (χ1n) is 16.6. The Morgan fingerprint density at radius 3 is 1.14 bits per heavy atom. The summed E-state index contributed by atoms with van der Waals surface area (Å²) < 4.78 is 29.3. The van der Waals surface area contributed by atoms with Gasteiger partial charge in [-0.25, -0.2) is 0 Å². The van der Waals surface area contributed by atoms with E-state index < -0.39 is 0 Å². The lowest BCUT2D eigenvalue weighted by molar-refractivity contribution is 1.59. The molecule has 10 aromatic rings. The zero-order chi connectivity index (χ0) is 31.4. The molecule has 0 aromatic heterocycles. The van der Waals surface area contributed by atoms with Crippen molar-refractivity contribution in [2.75, 3.05) is 0 Å². The van der Waals surface area contributed by atoms with Gasteiger partial charge in [-0.3, -0.25) is 0 Å². The highest BCUT2D eigenvalue weighted by molar-refractivity contribution is 6.27. The second kappa shape index (κ2) is 8.89. The summed E-state index contributed by atoms with van der Waals surface area (Å²) in [4.78, 5) is 0. The van der Waals surface area contributed by atoms with Crippen molar-refractivity contribution in [2.45, 2.75) is 0 Å². The molecule has 0 aliphatic carbocycles. The first kappa shape index (κ1) is 21.0. The summed E-state index contributed by atoms with van der Waals surface area (Å²) in [5.41, 5.74) is 4.16. The molecule has 0 radical (unpaired) electrons. The van der Waals surface area contributed by atoms with Crippen molar-refractivity contribution >= 4 is 64.6 Å². The number of rotatable bonds is 3. The average molecular weight is 558 g/mol. The fraction of sp³-hybridized carbons (Fsp3) is 0. The smallest absolute Gasteiger partial charge is 0.0622 e. The van der Waals surface area contributed by atoms with E-state index in [9.17, 15) is 4.11 Å². The Morgan fingerprint density at radius 1 is 0.273 bits per heavy atom. The molecule has 0 aliphatic heterocycles. The van der Waals surface area contributed by atoms with E-state index in [-0.39, 0.29) is 18.1 Å². The van der Waals surface area contributed by atoms with E-state index in [1.807, 2.05) is 30.3 Å². The minimum absolute atomic E-state index is 0.211. The molecule has 0 bridgehead atoms. The van der Waals surface area contributed by atoms with Crippen LogP contribution in [0, 0.1) is 0 Å². The first-order valence-corrected chi connectivity index (χ1v) is 15.1. The highest BCUT2D eigenvalue weighted by atomic mass is 14.2. The molecule has 10 aromatic carbocycles. The van der Waals surface area contributed by atoms with Crippen molar-refractivity contribution in [2.24, 2.45) is 0 Å². The van der Waals surface area contributed by atoms with Crippen LogP contribution in [0.1, 0.15) is 4.11 Å². The van der Waals surface area contributed by atoms with Gasteiger partial charge in [0.15, 0.2) is 0 Å². The van der Waals surface area contributed by atoms with Gasteiger partial charge < -0.3 is 0 Å². The van der Waals surface area contributed by atoms with Crippen LogP contribution in [0.2, 0.25) is 0 Å². The fourth-order valence-corrected chi connectivity index (χ4v) is 7.39. The predicted molar refractivity (Wildman–Crippen MR) is 190 cm³/mol. The van der Waals surface area contributed by atoms with Crippen LogP contribution in [0.4, 0.5) is 0 Å². The fourth-order valence-electron chi connectivity index (χ4n) is 7.39. The van der Waals surface area contributed by atoms with Gasteiger partial charge in [0.1, 0.15) is 0 Å². The molecule has 0 amide bonds. The zero-order valence-corrected chi connectivity index (χ0v) is 23.8. The average Bonchev–Trinajstić information content (AvgIpc) is 3.11. The molecule has 0 N–H and O–H groups in total. The normalized spacial score (nSPS) is 13.0. The summed E-state index contributed by atoms with van der Waals surface area (Å²) in [6, 6.07) is 48.8. The second-order valence-corrected chi connectivity index (χ2v) is 11.8. The van der Waals surface area contributed by atoms with Crippen LogP contribution in [-0.4, -0.2) is 0 Å². The molecule has 0 saturated carbocycles. The lowest BCUT2D eigenvalue weighted by Crippen LogP contribution is -1.91. The number of benzene rings is 10. The lowest BCUT2D eigenvalue weighted by atomic mass is 9.86. The largest absolute Gasteiger partial charge is 0.0636 e. The van der Waals surface area contributed by atoms with Crippen molar-refractivity contribution in [3.05, 3.63) is 158 Å². The van der Waals surface area contributed by atoms with Gasteiger partial charge in [0.25, 0.3) is 0 Å². The summed E-state index contributed by atoms with van der Waals surface area (Å²) in [7, 11) is 0. The molecular weight excluding hydrogens is 528 g/mol. The Bertz CT molecular complexity index is 2660. The van der Waals surface area contributed by atoms with Crippen LogP contribution in [0.5, 0.6) is 0 Å². The number of hydrogen-bond donors (Lipinski definition) is 0. The molecule has 0 heteroatoms. The van der Waals surface area contributed by atoms with E-state index in [1.54, 1.807) is 0 Å². The summed E-state index contributed by atoms with van der Waals surface area (Å²) in [6.07, 6.45) is 0. The molecule has 0 nitrogen and oxygen atoms in total. The number of hydrogen-bond acceptors (Lipinski definition) is 0. The predicted octanol–water partition coefficient (Wildman–Crippen LogP) is 12.5. The summed E-state index contributed by atoms with van der Waals surface area (Å²) >= 11 is 0. The van der Waals surface area contributed by atoms with Crippen molar-refractivity contribution in [1.29, 1.82) is 0 Å². The highest BCUT2D eigenvalue weighted by Crippen LogP contribution is 2.44. The molecule has 0 aliphatic rings. The Morgan fingerprint density at radius 2 is 0.659 bits per heavy atom. The minimum atomic E-state index is 0.211. The summed E-state index contributed by atoms with van der Waals surface area (Å²) in [5.74, 6) is 0. The molecule has 202 valence electrons. The van der Waals surface area contributed by atoms with Gasteiger partial charge in [0.2, 0.25) is 0 Å². The van der Waals surface area contributed by atoms with Crippen molar-refractivity contribution < 1.29 is 4.11 Å². The molecular formula is C44H26. The summed E-state index contributed by atoms with van der Waals surface area (Å²) in [5, 5.41) is 13.7. The SMILES string of the molecule is [2H]c1c(-c2ccccc2)c([2H])c(-c2ccc3ccc4cccc5ccc2c3c45)c([2H])c1-c1ccc2ccc3cccc4ccc1c2c34. The van der Waals surface area contributed by atoms with E-state index >= 15 is 0 Å². The molecule has 10 rings (SSSR count). The first-order chi connectivity index (χ1) is 23.1. The zero-order valence-electron chi connectivity index (χ0n) is 26.8. The monoisotopic (exact) mass is 557 g/mol. The van der Waals surface area contributed by atoms with Gasteiger partial charge in [-0.05, 0) is 116 Å². The third-order valence-electron chi connectivity index (χ3n) is 9.41. The van der Waals surface area contributed by atoms with Crippen LogP contribution >= 0.6 is 0 Å². The molecule has 0 heterocycles. The Hall–Kier alpha value is -5.72. The van der Waals surface area contributed by atoms with Crippen LogP contribution in [0.25, 0.3) is 98.0 Å². The van der Waals surface area contributed by atoms with Crippen LogP contribution in [0.15, 0.2) is 158 Å². The molecule has 44 heavy (non-hydrogen) atoms. The maximum absolute atomic E-state index is 9.89. The van der Waals surface area contributed by atoms with E-state index in [0.717, 1.165) is 49.0 Å². The lowest BCUT2D eigenvalue weighted by Gasteiger charge is -2.18. The van der Waals surface area contributed by atoms with Crippen LogP contribution < -0.4 is 0 Å². The highest BCUT2D eigenvalue weighted by Gasteiger charge is 2.16. The van der Waals surface area contributed by atoms with Crippen molar-refractivity contribution in [3.8, 4) is 33.4 Å². The standard InChI is InChI=1S/C44H26/c1-2-6-27(7-3-1)34-24-35(37-20-16-32-14-12-28-8-4-10-30-18-22-39(37)43(32)41(28)30)26-36(25-34)38-21-17-33-15-13-29-9-5-11-31-19-23-40(38)44(33)42(29)31/h1-26H/i24D,25D,26D. The minimum Gasteiger partial charge on any atom is -0.0622 e. The van der Waals surface area contributed by atoms with Gasteiger partial charge in [-0.1, -0.05) is 140 Å². The third-order valence-corrected chi connectivity index (χ3v) is 9.41. The van der Waals surface area contributed by atoms with Gasteiger partial charge in [-0.15, -0.1) is 0 Å². The maximum atomic E-state index is 9.89. The van der Waals surface area contributed by atoms with Crippen molar-refractivity contribution in [1.82, 2.24) is 0 Å². The van der Waals surface area contributed by atoms with Crippen LogP contribution in [0.3, 0.4) is 0 Å². The van der Waals surface area contributed by atoms with Gasteiger partial charge >= 0.3 is 0 Å². The van der Waals surface area contributed by atoms with E-state index in [0.29, 0.717) is 16.7 Å². The summed E-state index contributed by atoms with van der Waals surface area (Å²) in [6.45, 7) is 0. The van der Waals surface area contributed by atoms with Crippen molar-refractivity contribution in [3.63, 3.8) is 0 Å². The quantitative estimate of drug-likeness (QED) is 0.190. The van der Waals surface area contributed by atoms with E-state index in [2.05, 4.69) is 109 Å². The third kappa shape index (κ3) is 3.34. The Kier molecular flexibility index (Phi) is 4.25. The van der Waals surface area contributed by atoms with Crippen LogP contribution in [-0.2, 0) is 0 Å². The van der Waals surface area contributed by atoms with Gasteiger partial charge in [0.05, 0.1) is 4.11 Å². The maximum Gasteiger partial charge on any atom is 0.0636 e. The molecule has 0 unspecified atom stereocenters. The second-order valence-electron chi connectivity index (χ2n) is 11.8. The van der Waals surface area contributed by atoms with E-state index in [4.69, 9.17) is 0 Å². The van der Waals surface area contributed by atoms with Gasteiger partial charge in [-0.2, -0.15) is 0 Å².